The fraction of sp³-hybridized carbons (Fsp3) is 0.235. The monoisotopic (exact) mass is 337 g/mol. The second-order valence-corrected chi connectivity index (χ2v) is 5.49. The Balaban J connectivity index is 1.98. The van der Waals surface area contributed by atoms with Crippen LogP contribution in [0.25, 0.3) is 0 Å². The maximum atomic E-state index is 13.5. The first-order chi connectivity index (χ1) is 11.4. The number of carbonyl (C=O) groups is 1. The van der Waals surface area contributed by atoms with Crippen LogP contribution in [0.1, 0.15) is 11.6 Å². The third kappa shape index (κ3) is 4.73. The number of halogens is 3. The minimum atomic E-state index is -0.854. The largest absolute Gasteiger partial charge is 0.336 e. The van der Waals surface area contributed by atoms with Gasteiger partial charge in [0.15, 0.2) is 0 Å². The summed E-state index contributed by atoms with van der Waals surface area (Å²) in [5.74, 6) is -1.91. The van der Waals surface area contributed by atoms with E-state index in [0.29, 0.717) is 6.07 Å². The smallest absolute Gasteiger partial charge is 0.319 e. The van der Waals surface area contributed by atoms with Crippen molar-refractivity contribution >= 4 is 11.7 Å². The van der Waals surface area contributed by atoms with Crippen molar-refractivity contribution < 1.29 is 18.0 Å². The van der Waals surface area contributed by atoms with Crippen molar-refractivity contribution in [3.63, 3.8) is 0 Å². The molecule has 0 spiro atoms. The molecular weight excluding hydrogens is 319 g/mol. The maximum Gasteiger partial charge on any atom is 0.319 e. The van der Waals surface area contributed by atoms with E-state index in [1.54, 1.807) is 12.1 Å². The van der Waals surface area contributed by atoms with Crippen LogP contribution in [-0.4, -0.2) is 31.6 Å². The molecule has 1 atom stereocenters. The van der Waals surface area contributed by atoms with Gasteiger partial charge in [0.25, 0.3) is 0 Å². The van der Waals surface area contributed by atoms with E-state index in [0.717, 1.165) is 17.7 Å². The summed E-state index contributed by atoms with van der Waals surface area (Å²) in [6, 6.07) is 8.06. The van der Waals surface area contributed by atoms with Crippen molar-refractivity contribution in [1.29, 1.82) is 0 Å². The van der Waals surface area contributed by atoms with Crippen molar-refractivity contribution in [3.8, 4) is 0 Å². The van der Waals surface area contributed by atoms with Gasteiger partial charge in [0.2, 0.25) is 0 Å². The molecule has 0 saturated carbocycles. The first-order valence-corrected chi connectivity index (χ1v) is 7.28. The summed E-state index contributed by atoms with van der Waals surface area (Å²) in [4.78, 5) is 13.8. The molecule has 0 aliphatic carbocycles. The minimum absolute atomic E-state index is 0.114. The first kappa shape index (κ1) is 17.8. The van der Waals surface area contributed by atoms with Gasteiger partial charge in [-0.15, -0.1) is 0 Å². The van der Waals surface area contributed by atoms with Gasteiger partial charge in [-0.3, -0.25) is 0 Å². The molecule has 4 nitrogen and oxygen atoms in total. The van der Waals surface area contributed by atoms with Gasteiger partial charge in [0.05, 0.1) is 11.7 Å². The Kier molecular flexibility index (Phi) is 5.81. The number of nitrogens with zero attached hydrogens (tertiary/aromatic N) is 1. The molecule has 2 N–H and O–H groups in total. The standard InChI is InChI=1S/C17H18F3N3O/c1-23(2)16(11-3-5-12(18)6-4-11)10-21-17(24)22-15-8-7-13(19)9-14(15)20/h3-9,16H,10H2,1-2H3,(H2,21,22,24). The third-order valence-corrected chi connectivity index (χ3v) is 3.51. The van der Waals surface area contributed by atoms with Gasteiger partial charge in [-0.2, -0.15) is 0 Å². The molecule has 0 fully saturated rings. The number of amides is 2. The topological polar surface area (TPSA) is 44.4 Å². The molecule has 0 saturated heterocycles. The van der Waals surface area contributed by atoms with Gasteiger partial charge in [0.1, 0.15) is 17.5 Å². The van der Waals surface area contributed by atoms with Crippen molar-refractivity contribution in [2.75, 3.05) is 26.0 Å². The average Bonchev–Trinajstić information content (AvgIpc) is 2.52. The van der Waals surface area contributed by atoms with Crippen molar-refractivity contribution in [3.05, 3.63) is 65.5 Å². The Labute approximate surface area is 138 Å². The highest BCUT2D eigenvalue weighted by Gasteiger charge is 2.16. The molecule has 128 valence electrons. The van der Waals surface area contributed by atoms with Crippen LogP contribution in [0.5, 0.6) is 0 Å². The zero-order chi connectivity index (χ0) is 17.7. The third-order valence-electron chi connectivity index (χ3n) is 3.51. The molecule has 0 radical (unpaired) electrons. The number of nitrogens with one attached hydrogen (secondary N) is 2. The van der Waals surface area contributed by atoms with Gasteiger partial charge < -0.3 is 15.5 Å². The SMILES string of the molecule is CN(C)C(CNC(=O)Nc1ccc(F)cc1F)c1ccc(F)cc1. The summed E-state index contributed by atoms with van der Waals surface area (Å²) in [5.41, 5.74) is 0.715. The van der Waals surface area contributed by atoms with Gasteiger partial charge in [-0.1, -0.05) is 12.1 Å². The lowest BCUT2D eigenvalue weighted by Gasteiger charge is -2.25. The Bertz CT molecular complexity index is 705. The van der Waals surface area contributed by atoms with E-state index in [9.17, 15) is 18.0 Å². The number of benzene rings is 2. The first-order valence-electron chi connectivity index (χ1n) is 7.28. The van der Waals surface area contributed by atoms with E-state index in [1.165, 1.54) is 12.1 Å². The summed E-state index contributed by atoms with van der Waals surface area (Å²) >= 11 is 0. The average molecular weight is 337 g/mol. The van der Waals surface area contributed by atoms with E-state index in [4.69, 9.17) is 0 Å². The fourth-order valence-corrected chi connectivity index (χ4v) is 2.23. The summed E-state index contributed by atoms with van der Waals surface area (Å²) in [6.07, 6.45) is 0. The zero-order valence-corrected chi connectivity index (χ0v) is 13.3. The lowest BCUT2D eigenvalue weighted by atomic mass is 10.1. The molecule has 0 aliphatic rings. The van der Waals surface area contributed by atoms with Gasteiger partial charge in [-0.25, -0.2) is 18.0 Å². The molecular formula is C17H18F3N3O. The number of hydrogen-bond donors (Lipinski definition) is 2. The molecule has 7 heteroatoms. The van der Waals surface area contributed by atoms with Gasteiger partial charge in [-0.05, 0) is 43.9 Å². The van der Waals surface area contributed by atoms with Crippen LogP contribution >= 0.6 is 0 Å². The van der Waals surface area contributed by atoms with Crippen LogP contribution in [0, 0.1) is 17.5 Å². The molecule has 2 rings (SSSR count). The van der Waals surface area contributed by atoms with E-state index in [-0.39, 0.29) is 24.1 Å². The van der Waals surface area contributed by atoms with E-state index in [1.807, 2.05) is 19.0 Å². The Morgan fingerprint density at radius 3 is 2.25 bits per heavy atom. The number of rotatable bonds is 5. The quantitative estimate of drug-likeness (QED) is 0.877. The molecule has 2 amide bonds. The normalized spacial score (nSPS) is 12.1. The van der Waals surface area contributed by atoms with Crippen LogP contribution in [0.4, 0.5) is 23.7 Å². The maximum absolute atomic E-state index is 13.5. The van der Waals surface area contributed by atoms with Gasteiger partial charge >= 0.3 is 6.03 Å². The van der Waals surface area contributed by atoms with Crippen LogP contribution in [0.3, 0.4) is 0 Å². The lowest BCUT2D eigenvalue weighted by molar-refractivity contribution is 0.243. The van der Waals surface area contributed by atoms with E-state index < -0.39 is 17.7 Å². The summed E-state index contributed by atoms with van der Waals surface area (Å²) in [7, 11) is 3.65. The summed E-state index contributed by atoms with van der Waals surface area (Å²) in [6.45, 7) is 0.229. The molecule has 0 aromatic heterocycles. The molecule has 2 aromatic rings. The predicted molar refractivity (Wildman–Crippen MR) is 86.2 cm³/mol. The van der Waals surface area contributed by atoms with Crippen LogP contribution in [0.15, 0.2) is 42.5 Å². The Hall–Kier alpha value is -2.54. The van der Waals surface area contributed by atoms with Crippen LogP contribution < -0.4 is 10.6 Å². The van der Waals surface area contributed by atoms with Gasteiger partial charge in [0, 0.05) is 12.6 Å². The highest BCUT2D eigenvalue weighted by atomic mass is 19.1. The minimum Gasteiger partial charge on any atom is -0.336 e. The van der Waals surface area contributed by atoms with Crippen LogP contribution in [-0.2, 0) is 0 Å². The second kappa shape index (κ2) is 7.83. The Morgan fingerprint density at radius 1 is 1.04 bits per heavy atom. The number of urea groups is 1. The zero-order valence-electron chi connectivity index (χ0n) is 13.3. The van der Waals surface area contributed by atoms with Crippen molar-refractivity contribution in [2.45, 2.75) is 6.04 Å². The molecule has 1 unspecified atom stereocenters. The lowest BCUT2D eigenvalue weighted by Crippen LogP contribution is -2.37. The van der Waals surface area contributed by atoms with Crippen molar-refractivity contribution in [1.82, 2.24) is 10.2 Å². The molecule has 0 heterocycles. The van der Waals surface area contributed by atoms with Crippen molar-refractivity contribution in [2.24, 2.45) is 0 Å². The fourth-order valence-electron chi connectivity index (χ4n) is 2.23. The number of carbonyl (C=O) groups excluding carboxylic acids is 1. The number of likely N-dealkylation sites (N-methyl/N-ethyl adjacent to an activating group) is 1. The molecule has 0 aliphatic heterocycles. The Morgan fingerprint density at radius 2 is 1.67 bits per heavy atom. The molecule has 2 aromatic carbocycles. The molecule has 24 heavy (non-hydrogen) atoms. The highest BCUT2D eigenvalue weighted by molar-refractivity contribution is 5.89. The van der Waals surface area contributed by atoms with E-state index in [2.05, 4.69) is 10.6 Å². The summed E-state index contributed by atoms with van der Waals surface area (Å²) in [5, 5.41) is 4.94. The van der Waals surface area contributed by atoms with E-state index >= 15 is 0 Å². The van der Waals surface area contributed by atoms with Crippen LogP contribution in [0.2, 0.25) is 0 Å². The number of anilines is 1. The highest BCUT2D eigenvalue weighted by Crippen LogP contribution is 2.18. The molecule has 0 bridgehead atoms. The summed E-state index contributed by atoms with van der Waals surface area (Å²) < 4.78 is 39.4. The predicted octanol–water partition coefficient (Wildman–Crippen LogP) is 3.53. The second-order valence-electron chi connectivity index (χ2n) is 5.49. The number of hydrogen-bond acceptors (Lipinski definition) is 2.